The predicted octanol–water partition coefficient (Wildman–Crippen LogP) is 3.70. The first-order valence-corrected chi connectivity index (χ1v) is 6.10. The molecule has 0 spiro atoms. The van der Waals surface area contributed by atoms with Gasteiger partial charge in [0, 0.05) is 11.0 Å². The maximum absolute atomic E-state index is 6.03. The van der Waals surface area contributed by atoms with E-state index in [1.165, 1.54) is 31.5 Å². The molecule has 1 heterocycles. The molecule has 0 amide bonds. The second-order valence-corrected chi connectivity index (χ2v) is 4.90. The second kappa shape index (κ2) is 4.65. The van der Waals surface area contributed by atoms with Crippen LogP contribution in [0.15, 0.2) is 22.7 Å². The van der Waals surface area contributed by atoms with Crippen molar-refractivity contribution in [3.8, 4) is 0 Å². The average Bonchev–Trinajstić information content (AvgIpc) is 2.66. The molecule has 1 aliphatic heterocycles. The van der Waals surface area contributed by atoms with Gasteiger partial charge >= 0.3 is 0 Å². The summed E-state index contributed by atoms with van der Waals surface area (Å²) in [6.07, 6.45) is 2.66. The Balaban J connectivity index is 2.11. The quantitative estimate of drug-likeness (QED) is 0.795. The summed E-state index contributed by atoms with van der Waals surface area (Å²) in [5, 5.41) is 0.807. The van der Waals surface area contributed by atoms with Crippen molar-refractivity contribution < 1.29 is 0 Å². The molecule has 0 saturated carbocycles. The lowest BCUT2D eigenvalue weighted by molar-refractivity contribution is 0.331. The van der Waals surface area contributed by atoms with Crippen LogP contribution in [-0.4, -0.2) is 18.0 Å². The molecule has 1 fully saturated rings. The third-order valence-electron chi connectivity index (χ3n) is 2.62. The number of hydrogen-bond donors (Lipinski definition) is 0. The van der Waals surface area contributed by atoms with Crippen LogP contribution in [0, 0.1) is 0 Å². The molecule has 0 unspecified atom stereocenters. The van der Waals surface area contributed by atoms with Gasteiger partial charge in [0.2, 0.25) is 0 Å². The maximum Gasteiger partial charge on any atom is 0.0551 e. The Morgan fingerprint density at radius 1 is 1.29 bits per heavy atom. The summed E-state index contributed by atoms with van der Waals surface area (Å²) in [5.74, 6) is 0. The minimum Gasteiger partial charge on any atom is -0.299 e. The van der Waals surface area contributed by atoms with Crippen LogP contribution in [0.3, 0.4) is 0 Å². The fourth-order valence-corrected chi connectivity index (χ4v) is 2.44. The number of rotatable bonds is 2. The number of halogens is 2. The molecule has 1 aromatic rings. The van der Waals surface area contributed by atoms with E-state index in [9.17, 15) is 0 Å². The van der Waals surface area contributed by atoms with Gasteiger partial charge in [0.15, 0.2) is 0 Å². The third kappa shape index (κ3) is 2.30. The van der Waals surface area contributed by atoms with Crippen molar-refractivity contribution in [1.29, 1.82) is 0 Å². The van der Waals surface area contributed by atoms with E-state index in [0.29, 0.717) is 0 Å². The maximum atomic E-state index is 6.03. The summed E-state index contributed by atoms with van der Waals surface area (Å²) < 4.78 is 1.05. The van der Waals surface area contributed by atoms with Crippen molar-refractivity contribution in [3.05, 3.63) is 33.3 Å². The van der Waals surface area contributed by atoms with Crippen LogP contribution in [0.2, 0.25) is 5.02 Å². The standard InChI is InChI=1S/C11H13BrClN/c12-11-9(4-3-5-10(11)13)8-14-6-1-2-7-14/h3-5H,1-2,6-8H2. The highest BCUT2D eigenvalue weighted by molar-refractivity contribution is 9.10. The van der Waals surface area contributed by atoms with Gasteiger partial charge < -0.3 is 0 Å². The van der Waals surface area contributed by atoms with Crippen LogP contribution in [-0.2, 0) is 6.54 Å². The minimum atomic E-state index is 0.807. The monoisotopic (exact) mass is 273 g/mol. The van der Waals surface area contributed by atoms with E-state index in [-0.39, 0.29) is 0 Å². The zero-order chi connectivity index (χ0) is 9.97. The van der Waals surface area contributed by atoms with Gasteiger partial charge in [-0.15, -0.1) is 0 Å². The van der Waals surface area contributed by atoms with E-state index in [1.807, 2.05) is 12.1 Å². The zero-order valence-electron chi connectivity index (χ0n) is 7.97. The molecule has 76 valence electrons. The number of nitrogens with zero attached hydrogens (tertiary/aromatic N) is 1. The lowest BCUT2D eigenvalue weighted by Gasteiger charge is -2.15. The average molecular weight is 275 g/mol. The van der Waals surface area contributed by atoms with Crippen LogP contribution in [0.4, 0.5) is 0 Å². The second-order valence-electron chi connectivity index (χ2n) is 3.70. The summed E-state index contributed by atoms with van der Waals surface area (Å²) in [6, 6.07) is 6.06. The van der Waals surface area contributed by atoms with Crippen LogP contribution in [0.1, 0.15) is 18.4 Å². The van der Waals surface area contributed by atoms with Gasteiger partial charge in [0.05, 0.1) is 5.02 Å². The van der Waals surface area contributed by atoms with E-state index in [0.717, 1.165) is 16.0 Å². The normalized spacial score (nSPS) is 17.6. The molecular weight excluding hydrogens is 261 g/mol. The highest BCUT2D eigenvalue weighted by Crippen LogP contribution is 2.27. The summed E-state index contributed by atoms with van der Waals surface area (Å²) in [5.41, 5.74) is 1.29. The summed E-state index contributed by atoms with van der Waals surface area (Å²) >= 11 is 9.56. The number of hydrogen-bond acceptors (Lipinski definition) is 1. The largest absolute Gasteiger partial charge is 0.299 e. The fourth-order valence-electron chi connectivity index (χ4n) is 1.85. The van der Waals surface area contributed by atoms with Crippen molar-refractivity contribution in [2.45, 2.75) is 19.4 Å². The molecule has 0 N–H and O–H groups in total. The molecule has 0 atom stereocenters. The lowest BCUT2D eigenvalue weighted by Crippen LogP contribution is -2.18. The van der Waals surface area contributed by atoms with Crippen molar-refractivity contribution in [1.82, 2.24) is 4.90 Å². The molecule has 1 aliphatic rings. The van der Waals surface area contributed by atoms with Crippen LogP contribution >= 0.6 is 27.5 Å². The zero-order valence-corrected chi connectivity index (χ0v) is 10.3. The SMILES string of the molecule is Clc1cccc(CN2CCCC2)c1Br. The van der Waals surface area contributed by atoms with E-state index in [2.05, 4.69) is 26.9 Å². The first-order valence-electron chi connectivity index (χ1n) is 4.92. The van der Waals surface area contributed by atoms with Gasteiger partial charge in [-0.3, -0.25) is 4.90 Å². The highest BCUT2D eigenvalue weighted by atomic mass is 79.9. The van der Waals surface area contributed by atoms with E-state index >= 15 is 0 Å². The fraction of sp³-hybridized carbons (Fsp3) is 0.455. The van der Waals surface area contributed by atoms with Crippen molar-refractivity contribution >= 4 is 27.5 Å². The Bertz CT molecular complexity index is 321. The highest BCUT2D eigenvalue weighted by Gasteiger charge is 2.13. The Morgan fingerprint density at radius 2 is 2.00 bits per heavy atom. The van der Waals surface area contributed by atoms with Crippen LogP contribution < -0.4 is 0 Å². The van der Waals surface area contributed by atoms with Gasteiger partial charge in [0.25, 0.3) is 0 Å². The Kier molecular flexibility index (Phi) is 3.47. The van der Waals surface area contributed by atoms with Crippen molar-refractivity contribution in [3.63, 3.8) is 0 Å². The molecule has 14 heavy (non-hydrogen) atoms. The molecule has 0 aromatic heterocycles. The van der Waals surface area contributed by atoms with Crippen molar-refractivity contribution in [2.24, 2.45) is 0 Å². The van der Waals surface area contributed by atoms with Crippen LogP contribution in [0.5, 0.6) is 0 Å². The summed E-state index contributed by atoms with van der Waals surface area (Å²) in [4.78, 5) is 2.47. The molecule has 2 rings (SSSR count). The molecule has 0 aliphatic carbocycles. The molecule has 1 nitrogen and oxygen atoms in total. The number of likely N-dealkylation sites (tertiary alicyclic amines) is 1. The molecule has 0 bridgehead atoms. The smallest absolute Gasteiger partial charge is 0.0551 e. The van der Waals surface area contributed by atoms with E-state index in [4.69, 9.17) is 11.6 Å². The van der Waals surface area contributed by atoms with E-state index in [1.54, 1.807) is 0 Å². The van der Waals surface area contributed by atoms with E-state index < -0.39 is 0 Å². The molecule has 3 heteroatoms. The Morgan fingerprint density at radius 3 is 2.71 bits per heavy atom. The van der Waals surface area contributed by atoms with Crippen LogP contribution in [0.25, 0.3) is 0 Å². The van der Waals surface area contributed by atoms with Gasteiger partial charge in [-0.1, -0.05) is 23.7 Å². The molecule has 1 saturated heterocycles. The number of benzene rings is 1. The predicted molar refractivity (Wildman–Crippen MR) is 63.7 cm³/mol. The van der Waals surface area contributed by atoms with Gasteiger partial charge in [0.1, 0.15) is 0 Å². The molecule has 1 aromatic carbocycles. The Hall–Kier alpha value is -0.0500. The van der Waals surface area contributed by atoms with Gasteiger partial charge in [-0.25, -0.2) is 0 Å². The third-order valence-corrected chi connectivity index (χ3v) is 4.10. The topological polar surface area (TPSA) is 3.24 Å². The Labute approximate surface area is 98.2 Å². The molecular formula is C11H13BrClN. The van der Waals surface area contributed by atoms with Crippen molar-refractivity contribution in [2.75, 3.05) is 13.1 Å². The molecule has 0 radical (unpaired) electrons. The van der Waals surface area contributed by atoms with Gasteiger partial charge in [-0.05, 0) is 53.5 Å². The summed E-state index contributed by atoms with van der Waals surface area (Å²) in [7, 11) is 0. The first-order chi connectivity index (χ1) is 6.77. The first kappa shape index (κ1) is 10.5. The van der Waals surface area contributed by atoms with Gasteiger partial charge in [-0.2, -0.15) is 0 Å². The minimum absolute atomic E-state index is 0.807. The lowest BCUT2D eigenvalue weighted by atomic mass is 10.2. The summed E-state index contributed by atoms with van der Waals surface area (Å²) in [6.45, 7) is 3.46.